The highest BCUT2D eigenvalue weighted by Gasteiger charge is 2.00. The molecule has 0 saturated heterocycles. The van der Waals surface area contributed by atoms with Crippen molar-refractivity contribution in [2.24, 2.45) is 5.73 Å². The van der Waals surface area contributed by atoms with Gasteiger partial charge in [0.25, 0.3) is 0 Å². The standard InChI is InChI=1S/C12H11N3O/c13-12(16)15-11-5-1-3-9(7-11)10-4-2-6-14-8-10/h1-8H,(H3,13,15,16). The van der Waals surface area contributed by atoms with Gasteiger partial charge in [0.1, 0.15) is 0 Å². The van der Waals surface area contributed by atoms with Crippen LogP contribution in [0.5, 0.6) is 0 Å². The molecular formula is C12H11N3O. The van der Waals surface area contributed by atoms with Gasteiger partial charge in [0.15, 0.2) is 0 Å². The number of primary amides is 1. The summed E-state index contributed by atoms with van der Waals surface area (Å²) in [6, 6.07) is 10.7. The molecule has 80 valence electrons. The first-order chi connectivity index (χ1) is 7.75. The number of hydrogen-bond acceptors (Lipinski definition) is 2. The molecule has 2 aromatic rings. The molecule has 1 heterocycles. The number of amides is 2. The predicted molar refractivity (Wildman–Crippen MR) is 62.9 cm³/mol. The van der Waals surface area contributed by atoms with Gasteiger partial charge >= 0.3 is 6.03 Å². The van der Waals surface area contributed by atoms with E-state index < -0.39 is 6.03 Å². The van der Waals surface area contributed by atoms with Crippen molar-refractivity contribution < 1.29 is 4.79 Å². The second-order valence-electron chi connectivity index (χ2n) is 3.31. The van der Waals surface area contributed by atoms with E-state index in [-0.39, 0.29) is 0 Å². The van der Waals surface area contributed by atoms with Crippen LogP contribution in [0.3, 0.4) is 0 Å². The third kappa shape index (κ3) is 2.36. The molecule has 0 spiro atoms. The average molecular weight is 213 g/mol. The van der Waals surface area contributed by atoms with E-state index in [1.54, 1.807) is 18.5 Å². The number of benzene rings is 1. The van der Waals surface area contributed by atoms with Crippen LogP contribution in [-0.2, 0) is 0 Å². The quantitative estimate of drug-likeness (QED) is 0.803. The number of nitrogens with one attached hydrogen (secondary N) is 1. The van der Waals surface area contributed by atoms with Gasteiger partial charge in [-0.05, 0) is 23.8 Å². The molecular weight excluding hydrogens is 202 g/mol. The maximum Gasteiger partial charge on any atom is 0.316 e. The van der Waals surface area contributed by atoms with Gasteiger partial charge in [-0.15, -0.1) is 0 Å². The maximum absolute atomic E-state index is 10.7. The van der Waals surface area contributed by atoms with Crippen LogP contribution in [0.1, 0.15) is 0 Å². The molecule has 0 bridgehead atoms. The molecule has 1 aromatic heterocycles. The van der Waals surface area contributed by atoms with Crippen molar-refractivity contribution in [3.05, 3.63) is 48.8 Å². The Kier molecular flexibility index (Phi) is 2.82. The van der Waals surface area contributed by atoms with Gasteiger partial charge in [-0.3, -0.25) is 4.98 Å². The summed E-state index contributed by atoms with van der Waals surface area (Å²) in [5, 5.41) is 2.53. The fourth-order valence-electron chi connectivity index (χ4n) is 1.45. The number of carbonyl (C=O) groups is 1. The number of urea groups is 1. The molecule has 0 unspecified atom stereocenters. The van der Waals surface area contributed by atoms with E-state index in [0.29, 0.717) is 5.69 Å². The summed E-state index contributed by atoms with van der Waals surface area (Å²) in [6.07, 6.45) is 3.48. The molecule has 0 aliphatic heterocycles. The van der Waals surface area contributed by atoms with E-state index in [1.807, 2.05) is 30.3 Å². The smallest absolute Gasteiger partial charge is 0.316 e. The summed E-state index contributed by atoms with van der Waals surface area (Å²) in [5.41, 5.74) is 7.71. The van der Waals surface area contributed by atoms with Crippen LogP contribution in [0, 0.1) is 0 Å². The monoisotopic (exact) mass is 213 g/mol. The topological polar surface area (TPSA) is 68.0 Å². The maximum atomic E-state index is 10.7. The lowest BCUT2D eigenvalue weighted by atomic mass is 10.1. The Morgan fingerprint density at radius 3 is 2.69 bits per heavy atom. The van der Waals surface area contributed by atoms with E-state index in [9.17, 15) is 4.79 Å². The van der Waals surface area contributed by atoms with Gasteiger partial charge in [0.05, 0.1) is 0 Å². The molecule has 0 radical (unpaired) electrons. The predicted octanol–water partition coefficient (Wildman–Crippen LogP) is 2.24. The second-order valence-corrected chi connectivity index (χ2v) is 3.31. The van der Waals surface area contributed by atoms with Gasteiger partial charge in [0, 0.05) is 23.6 Å². The summed E-state index contributed by atoms with van der Waals surface area (Å²) in [4.78, 5) is 14.8. The normalized spacial score (nSPS) is 9.75. The minimum absolute atomic E-state index is 0.566. The van der Waals surface area contributed by atoms with Crippen LogP contribution in [0.15, 0.2) is 48.8 Å². The summed E-state index contributed by atoms with van der Waals surface area (Å²) >= 11 is 0. The Balaban J connectivity index is 2.33. The van der Waals surface area contributed by atoms with E-state index in [1.165, 1.54) is 0 Å². The first kappa shape index (κ1) is 10.2. The van der Waals surface area contributed by atoms with Crippen molar-refractivity contribution >= 4 is 11.7 Å². The highest BCUT2D eigenvalue weighted by Crippen LogP contribution is 2.21. The highest BCUT2D eigenvalue weighted by molar-refractivity contribution is 5.88. The molecule has 0 atom stereocenters. The lowest BCUT2D eigenvalue weighted by Gasteiger charge is -2.05. The van der Waals surface area contributed by atoms with Gasteiger partial charge in [0.2, 0.25) is 0 Å². The number of rotatable bonds is 2. The van der Waals surface area contributed by atoms with Crippen LogP contribution in [0.25, 0.3) is 11.1 Å². The van der Waals surface area contributed by atoms with E-state index in [2.05, 4.69) is 10.3 Å². The fourth-order valence-corrected chi connectivity index (χ4v) is 1.45. The Morgan fingerprint density at radius 2 is 2.00 bits per heavy atom. The first-order valence-electron chi connectivity index (χ1n) is 4.82. The Labute approximate surface area is 93.1 Å². The van der Waals surface area contributed by atoms with E-state index >= 15 is 0 Å². The highest BCUT2D eigenvalue weighted by atomic mass is 16.2. The number of carbonyl (C=O) groups excluding carboxylic acids is 1. The first-order valence-corrected chi connectivity index (χ1v) is 4.82. The summed E-state index contributed by atoms with van der Waals surface area (Å²) in [6.45, 7) is 0. The van der Waals surface area contributed by atoms with Gasteiger partial charge < -0.3 is 11.1 Å². The summed E-state index contributed by atoms with van der Waals surface area (Å²) < 4.78 is 0. The zero-order chi connectivity index (χ0) is 11.4. The van der Waals surface area contributed by atoms with Crippen LogP contribution in [0.2, 0.25) is 0 Å². The number of aromatic nitrogens is 1. The van der Waals surface area contributed by atoms with Gasteiger partial charge in [-0.1, -0.05) is 18.2 Å². The van der Waals surface area contributed by atoms with Crippen molar-refractivity contribution in [1.82, 2.24) is 4.98 Å². The number of anilines is 1. The Hall–Kier alpha value is -2.36. The van der Waals surface area contributed by atoms with Crippen LogP contribution >= 0.6 is 0 Å². The molecule has 0 saturated carbocycles. The van der Waals surface area contributed by atoms with Crippen LogP contribution in [-0.4, -0.2) is 11.0 Å². The zero-order valence-corrected chi connectivity index (χ0v) is 8.55. The lowest BCUT2D eigenvalue weighted by molar-refractivity contribution is 0.259. The summed E-state index contributed by atoms with van der Waals surface area (Å²) in [7, 11) is 0. The third-order valence-electron chi connectivity index (χ3n) is 2.12. The van der Waals surface area contributed by atoms with Crippen molar-refractivity contribution in [3.8, 4) is 11.1 Å². The molecule has 1 aromatic carbocycles. The lowest BCUT2D eigenvalue weighted by Crippen LogP contribution is -2.19. The number of nitrogens with two attached hydrogens (primary N) is 1. The Morgan fingerprint density at radius 1 is 1.19 bits per heavy atom. The second kappa shape index (κ2) is 4.44. The van der Waals surface area contributed by atoms with Crippen molar-refractivity contribution in [3.63, 3.8) is 0 Å². The zero-order valence-electron chi connectivity index (χ0n) is 8.55. The Bertz CT molecular complexity index is 497. The van der Waals surface area contributed by atoms with Gasteiger partial charge in [-0.2, -0.15) is 0 Å². The number of hydrogen-bond donors (Lipinski definition) is 2. The number of nitrogens with zero attached hydrogens (tertiary/aromatic N) is 1. The number of pyridine rings is 1. The molecule has 3 N–H and O–H groups in total. The van der Waals surface area contributed by atoms with E-state index in [0.717, 1.165) is 11.1 Å². The molecule has 2 amide bonds. The van der Waals surface area contributed by atoms with Gasteiger partial charge in [-0.25, -0.2) is 4.79 Å². The molecule has 16 heavy (non-hydrogen) atoms. The molecule has 0 fully saturated rings. The van der Waals surface area contributed by atoms with Crippen molar-refractivity contribution in [2.45, 2.75) is 0 Å². The summed E-state index contributed by atoms with van der Waals surface area (Å²) in [5.74, 6) is 0. The molecule has 2 rings (SSSR count). The van der Waals surface area contributed by atoms with E-state index in [4.69, 9.17) is 5.73 Å². The van der Waals surface area contributed by atoms with Crippen LogP contribution in [0.4, 0.5) is 10.5 Å². The molecule has 4 nitrogen and oxygen atoms in total. The van der Waals surface area contributed by atoms with Crippen LogP contribution < -0.4 is 11.1 Å². The molecule has 0 aliphatic carbocycles. The average Bonchev–Trinajstić information content (AvgIpc) is 2.30. The molecule has 0 aliphatic rings. The fraction of sp³-hybridized carbons (Fsp3) is 0. The minimum Gasteiger partial charge on any atom is -0.351 e. The largest absolute Gasteiger partial charge is 0.351 e. The minimum atomic E-state index is -0.566. The van der Waals surface area contributed by atoms with Crippen molar-refractivity contribution in [1.29, 1.82) is 0 Å². The third-order valence-corrected chi connectivity index (χ3v) is 2.12. The van der Waals surface area contributed by atoms with Crippen molar-refractivity contribution in [2.75, 3.05) is 5.32 Å². The molecule has 4 heteroatoms. The SMILES string of the molecule is NC(=O)Nc1cccc(-c2cccnc2)c1.